The van der Waals surface area contributed by atoms with E-state index in [4.69, 9.17) is 14.3 Å². The highest BCUT2D eigenvalue weighted by molar-refractivity contribution is 5.38. The molecular weight excluding hydrogens is 240 g/mol. The van der Waals surface area contributed by atoms with E-state index in [1.165, 1.54) is 5.56 Å². The van der Waals surface area contributed by atoms with E-state index >= 15 is 0 Å². The molecule has 0 atom stereocenters. The van der Waals surface area contributed by atoms with Crippen molar-refractivity contribution in [2.45, 2.75) is 39.4 Å². The molecule has 0 unspecified atom stereocenters. The van der Waals surface area contributed by atoms with Crippen LogP contribution < -0.4 is 4.74 Å². The lowest BCUT2D eigenvalue weighted by atomic mass is 9.86. The van der Waals surface area contributed by atoms with E-state index in [9.17, 15) is 0 Å². The molecule has 0 radical (unpaired) electrons. The molecule has 0 saturated heterocycles. The molecule has 0 aliphatic heterocycles. The fourth-order valence-corrected chi connectivity index (χ4v) is 1.95. The van der Waals surface area contributed by atoms with Crippen LogP contribution in [-0.4, -0.2) is 5.11 Å². The summed E-state index contributed by atoms with van der Waals surface area (Å²) in [6.07, 6.45) is 0. The van der Waals surface area contributed by atoms with Crippen molar-refractivity contribution in [2.24, 2.45) is 0 Å². The first kappa shape index (κ1) is 13.7. The van der Waals surface area contributed by atoms with Gasteiger partial charge in [-0.25, -0.2) is 0 Å². The fourth-order valence-electron chi connectivity index (χ4n) is 1.95. The number of aliphatic hydroxyl groups is 1. The van der Waals surface area contributed by atoms with E-state index in [-0.39, 0.29) is 12.0 Å². The van der Waals surface area contributed by atoms with E-state index < -0.39 is 0 Å². The molecule has 0 aliphatic carbocycles. The first-order valence-corrected chi connectivity index (χ1v) is 6.41. The third kappa shape index (κ3) is 3.38. The number of hydrogen-bond acceptors (Lipinski definition) is 3. The maximum atomic E-state index is 8.95. The summed E-state index contributed by atoms with van der Waals surface area (Å²) < 4.78 is 11.2. The highest BCUT2D eigenvalue weighted by atomic mass is 16.5. The van der Waals surface area contributed by atoms with Crippen LogP contribution in [0.4, 0.5) is 0 Å². The summed E-state index contributed by atoms with van der Waals surface area (Å²) >= 11 is 0. The van der Waals surface area contributed by atoms with E-state index in [0.717, 1.165) is 5.75 Å². The molecule has 1 aromatic carbocycles. The summed E-state index contributed by atoms with van der Waals surface area (Å²) in [7, 11) is 0. The van der Waals surface area contributed by atoms with Gasteiger partial charge in [0.2, 0.25) is 0 Å². The number of aliphatic hydroxyl groups excluding tert-OH is 1. The molecule has 0 spiro atoms. The Morgan fingerprint density at radius 3 is 2.37 bits per heavy atom. The molecule has 1 heterocycles. The topological polar surface area (TPSA) is 42.6 Å². The van der Waals surface area contributed by atoms with Gasteiger partial charge in [0.1, 0.15) is 30.5 Å². The van der Waals surface area contributed by atoms with Gasteiger partial charge in [-0.05, 0) is 29.2 Å². The van der Waals surface area contributed by atoms with Gasteiger partial charge < -0.3 is 14.3 Å². The SMILES string of the molecule is CC(C)(C)c1ccccc1OCc1ccc(CO)o1. The van der Waals surface area contributed by atoms with Gasteiger partial charge in [0, 0.05) is 0 Å². The van der Waals surface area contributed by atoms with Crippen LogP contribution in [0.15, 0.2) is 40.8 Å². The van der Waals surface area contributed by atoms with Gasteiger partial charge in [-0.2, -0.15) is 0 Å². The molecule has 3 heteroatoms. The molecule has 1 N–H and O–H groups in total. The lowest BCUT2D eigenvalue weighted by Crippen LogP contribution is -2.13. The lowest BCUT2D eigenvalue weighted by Gasteiger charge is -2.22. The summed E-state index contributed by atoms with van der Waals surface area (Å²) in [6.45, 7) is 6.76. The van der Waals surface area contributed by atoms with Crippen LogP contribution in [0.3, 0.4) is 0 Å². The Morgan fingerprint density at radius 2 is 1.74 bits per heavy atom. The maximum absolute atomic E-state index is 8.95. The predicted octanol–water partition coefficient (Wildman–Crippen LogP) is 3.65. The zero-order valence-electron chi connectivity index (χ0n) is 11.6. The van der Waals surface area contributed by atoms with Crippen molar-refractivity contribution in [1.82, 2.24) is 0 Å². The van der Waals surface area contributed by atoms with Crippen molar-refractivity contribution in [3.8, 4) is 5.75 Å². The van der Waals surface area contributed by atoms with Gasteiger partial charge in [-0.3, -0.25) is 0 Å². The second kappa shape index (κ2) is 5.49. The fraction of sp³-hybridized carbons (Fsp3) is 0.375. The predicted molar refractivity (Wildman–Crippen MR) is 74.1 cm³/mol. The third-order valence-electron chi connectivity index (χ3n) is 2.94. The Balaban J connectivity index is 2.11. The summed E-state index contributed by atoms with van der Waals surface area (Å²) in [5.41, 5.74) is 1.21. The first-order chi connectivity index (χ1) is 9.00. The number of rotatable bonds is 4. The highest BCUT2D eigenvalue weighted by Crippen LogP contribution is 2.31. The molecule has 0 bridgehead atoms. The van der Waals surface area contributed by atoms with Gasteiger partial charge in [-0.1, -0.05) is 39.0 Å². The van der Waals surface area contributed by atoms with Crippen LogP contribution in [0, 0.1) is 0 Å². The van der Waals surface area contributed by atoms with E-state index in [0.29, 0.717) is 18.1 Å². The normalized spacial score (nSPS) is 11.6. The minimum Gasteiger partial charge on any atom is -0.485 e. The van der Waals surface area contributed by atoms with Gasteiger partial charge in [0.05, 0.1) is 0 Å². The number of furan rings is 1. The molecule has 102 valence electrons. The molecule has 3 nitrogen and oxygen atoms in total. The van der Waals surface area contributed by atoms with Crippen molar-refractivity contribution in [3.05, 3.63) is 53.5 Å². The van der Waals surface area contributed by atoms with Crippen LogP contribution in [0.2, 0.25) is 0 Å². The minimum absolute atomic E-state index is 0.0377. The van der Waals surface area contributed by atoms with E-state index in [1.807, 2.05) is 24.3 Å². The lowest BCUT2D eigenvalue weighted by molar-refractivity contribution is 0.223. The molecule has 0 aliphatic rings. The maximum Gasteiger partial charge on any atom is 0.146 e. The Labute approximate surface area is 113 Å². The molecule has 1 aromatic heterocycles. The molecule has 2 rings (SSSR count). The minimum atomic E-state index is -0.0847. The van der Waals surface area contributed by atoms with Gasteiger partial charge in [0.15, 0.2) is 0 Å². The quantitative estimate of drug-likeness (QED) is 0.912. The summed E-state index contributed by atoms with van der Waals surface area (Å²) in [6, 6.07) is 11.6. The zero-order valence-corrected chi connectivity index (χ0v) is 11.6. The van der Waals surface area contributed by atoms with Crippen molar-refractivity contribution in [1.29, 1.82) is 0 Å². The van der Waals surface area contributed by atoms with Crippen LogP contribution in [0.5, 0.6) is 5.75 Å². The van der Waals surface area contributed by atoms with Crippen LogP contribution in [0.25, 0.3) is 0 Å². The number of benzene rings is 1. The molecule has 19 heavy (non-hydrogen) atoms. The second-order valence-corrected chi connectivity index (χ2v) is 5.56. The Hall–Kier alpha value is -1.74. The van der Waals surface area contributed by atoms with Crippen molar-refractivity contribution >= 4 is 0 Å². The average molecular weight is 260 g/mol. The van der Waals surface area contributed by atoms with Gasteiger partial charge >= 0.3 is 0 Å². The third-order valence-corrected chi connectivity index (χ3v) is 2.94. The highest BCUT2D eigenvalue weighted by Gasteiger charge is 2.18. The first-order valence-electron chi connectivity index (χ1n) is 6.41. The summed E-state index contributed by atoms with van der Waals surface area (Å²) in [4.78, 5) is 0. The van der Waals surface area contributed by atoms with Crippen molar-refractivity contribution < 1.29 is 14.3 Å². The van der Waals surface area contributed by atoms with Gasteiger partial charge in [0.25, 0.3) is 0 Å². The zero-order chi connectivity index (χ0) is 13.9. The Morgan fingerprint density at radius 1 is 1.05 bits per heavy atom. The van der Waals surface area contributed by atoms with E-state index in [1.54, 1.807) is 6.07 Å². The van der Waals surface area contributed by atoms with Crippen LogP contribution in [-0.2, 0) is 18.6 Å². The second-order valence-electron chi connectivity index (χ2n) is 5.56. The molecule has 0 amide bonds. The summed E-state index contributed by atoms with van der Waals surface area (Å²) in [5, 5.41) is 8.95. The number of ether oxygens (including phenoxy) is 1. The largest absolute Gasteiger partial charge is 0.485 e. The molecule has 0 fully saturated rings. The smallest absolute Gasteiger partial charge is 0.146 e. The Bertz CT molecular complexity index is 535. The van der Waals surface area contributed by atoms with Crippen LogP contribution in [0.1, 0.15) is 37.9 Å². The summed E-state index contributed by atoms with van der Waals surface area (Å²) in [5.74, 6) is 2.15. The van der Waals surface area contributed by atoms with Crippen molar-refractivity contribution in [2.75, 3.05) is 0 Å². The number of hydrogen-bond donors (Lipinski definition) is 1. The van der Waals surface area contributed by atoms with Crippen molar-refractivity contribution in [3.63, 3.8) is 0 Å². The van der Waals surface area contributed by atoms with E-state index in [2.05, 4.69) is 26.8 Å². The van der Waals surface area contributed by atoms with Crippen LogP contribution >= 0.6 is 0 Å². The molecule has 2 aromatic rings. The molecule has 0 saturated carbocycles. The average Bonchev–Trinajstić information content (AvgIpc) is 2.83. The monoisotopic (exact) mass is 260 g/mol. The standard InChI is InChI=1S/C16H20O3/c1-16(2,3)14-6-4-5-7-15(14)18-11-13-9-8-12(10-17)19-13/h4-9,17H,10-11H2,1-3H3. The molecular formula is C16H20O3. The number of para-hydroxylation sites is 1. The van der Waals surface area contributed by atoms with Gasteiger partial charge in [-0.15, -0.1) is 0 Å². The Kier molecular flexibility index (Phi) is 3.96.